The number of esters is 1. The van der Waals surface area contributed by atoms with Gasteiger partial charge in [-0.3, -0.25) is 9.59 Å². The van der Waals surface area contributed by atoms with Gasteiger partial charge in [0.1, 0.15) is 12.1 Å². The van der Waals surface area contributed by atoms with Gasteiger partial charge < -0.3 is 20.9 Å². The second-order valence-electron chi connectivity index (χ2n) is 13.6. The quantitative estimate of drug-likeness (QED) is 0.0333. The van der Waals surface area contributed by atoms with Crippen LogP contribution in [0.2, 0.25) is 0 Å². The van der Waals surface area contributed by atoms with E-state index in [1.807, 2.05) is 0 Å². The first-order valence-electron chi connectivity index (χ1n) is 21.1. The Hall–Kier alpha value is -3.71. The van der Waals surface area contributed by atoms with Crippen molar-refractivity contribution in [3.63, 3.8) is 0 Å². The zero-order chi connectivity index (χ0) is 39.6. The van der Waals surface area contributed by atoms with Crippen molar-refractivity contribution in [2.75, 3.05) is 6.54 Å². The van der Waals surface area contributed by atoms with Crippen LogP contribution >= 0.6 is 0 Å². The molecule has 0 heterocycles. The standard InChI is InChI=1S/C47H76N2O5/c1-3-5-7-9-11-13-15-17-18-20-21-23-25-28-32-37-43(38-33-29-27-30-34-40-45(50)49-44(47(52)53)39-36-42-48)54-46(51)41-35-31-26-24-22-19-16-14-12-10-8-6-4-2/h5-8,11-14,17-19,21-23,26,31,43-44H,3-4,9-10,15-16,20,24-25,27-30,32-42,48H2,1-2H3,(H,49,50)(H,52,53)/b7-5-,8-6-,13-11-,14-12-,18-17-,22-19-,23-21-,31-26-. The minimum Gasteiger partial charge on any atom is -0.480 e. The summed E-state index contributed by atoms with van der Waals surface area (Å²) in [5.41, 5.74) is 5.48. The summed E-state index contributed by atoms with van der Waals surface area (Å²) in [6.07, 6.45) is 54.5. The molecule has 4 N–H and O–H groups in total. The number of rotatable bonds is 36. The average Bonchev–Trinajstić information content (AvgIpc) is 3.16. The van der Waals surface area contributed by atoms with Gasteiger partial charge in [-0.1, -0.05) is 130 Å². The van der Waals surface area contributed by atoms with Gasteiger partial charge in [0.2, 0.25) is 5.91 Å². The van der Waals surface area contributed by atoms with Crippen molar-refractivity contribution in [1.29, 1.82) is 0 Å². The first-order chi connectivity index (χ1) is 26.4. The first-order valence-corrected chi connectivity index (χ1v) is 21.1. The smallest absolute Gasteiger partial charge is 0.326 e. The van der Waals surface area contributed by atoms with Crippen LogP contribution in [0.3, 0.4) is 0 Å². The van der Waals surface area contributed by atoms with Crippen molar-refractivity contribution >= 4 is 17.8 Å². The summed E-state index contributed by atoms with van der Waals surface area (Å²) in [6.45, 7) is 4.69. The molecule has 0 aliphatic rings. The highest BCUT2D eigenvalue weighted by atomic mass is 16.5. The van der Waals surface area contributed by atoms with E-state index in [-0.39, 0.29) is 18.0 Å². The van der Waals surface area contributed by atoms with Gasteiger partial charge in [-0.15, -0.1) is 0 Å². The Morgan fingerprint density at radius 2 is 0.981 bits per heavy atom. The highest BCUT2D eigenvalue weighted by Gasteiger charge is 2.19. The Balaban J connectivity index is 4.58. The molecule has 0 aliphatic heterocycles. The van der Waals surface area contributed by atoms with Crippen LogP contribution in [0.5, 0.6) is 0 Å². The van der Waals surface area contributed by atoms with Gasteiger partial charge in [0.05, 0.1) is 0 Å². The first kappa shape index (κ1) is 50.3. The monoisotopic (exact) mass is 749 g/mol. The number of nitrogens with one attached hydrogen (secondary N) is 1. The molecule has 0 aliphatic carbocycles. The number of allylic oxidation sites excluding steroid dienone is 16. The molecular formula is C47H76N2O5. The van der Waals surface area contributed by atoms with Crippen LogP contribution in [-0.2, 0) is 19.1 Å². The van der Waals surface area contributed by atoms with E-state index in [0.29, 0.717) is 38.6 Å². The number of aliphatic carboxylic acids is 1. The lowest BCUT2D eigenvalue weighted by atomic mass is 10.0. The topological polar surface area (TPSA) is 119 Å². The number of ether oxygens (including phenoxy) is 1. The van der Waals surface area contributed by atoms with E-state index in [9.17, 15) is 19.5 Å². The summed E-state index contributed by atoms with van der Waals surface area (Å²) in [6, 6.07) is -0.872. The van der Waals surface area contributed by atoms with Crippen LogP contribution in [-0.4, -0.2) is 41.6 Å². The van der Waals surface area contributed by atoms with Crippen molar-refractivity contribution in [3.05, 3.63) is 97.2 Å². The molecule has 0 rings (SSSR count). The third-order valence-corrected chi connectivity index (χ3v) is 8.66. The zero-order valence-electron chi connectivity index (χ0n) is 34.0. The van der Waals surface area contributed by atoms with Crippen molar-refractivity contribution in [2.45, 2.75) is 174 Å². The summed E-state index contributed by atoms with van der Waals surface area (Å²) in [5, 5.41) is 11.9. The molecule has 0 aromatic carbocycles. The normalized spacial score (nSPS) is 13.7. The maximum absolute atomic E-state index is 12.7. The fraction of sp³-hybridized carbons (Fsp3) is 0.596. The van der Waals surface area contributed by atoms with Crippen molar-refractivity contribution in [1.82, 2.24) is 5.32 Å². The SMILES string of the molecule is CC/C=C\C/C=C\C/C=C\C/C=C\CCCCC(CCCCCCCC(=O)NC(CCCN)C(=O)O)OC(=O)CC/C=C\C/C=C\C/C=C\C/C=C\CC. The van der Waals surface area contributed by atoms with E-state index >= 15 is 0 Å². The van der Waals surface area contributed by atoms with Crippen LogP contribution in [0.15, 0.2) is 97.2 Å². The van der Waals surface area contributed by atoms with Crippen LogP contribution < -0.4 is 11.1 Å². The lowest BCUT2D eigenvalue weighted by molar-refractivity contribution is -0.149. The number of carbonyl (C=O) groups excluding carboxylic acids is 2. The van der Waals surface area contributed by atoms with Gasteiger partial charge in [0, 0.05) is 12.8 Å². The number of carboxylic acid groups (broad SMARTS) is 1. The lowest BCUT2D eigenvalue weighted by Gasteiger charge is -2.18. The van der Waals surface area contributed by atoms with E-state index in [1.54, 1.807) is 0 Å². The van der Waals surface area contributed by atoms with Crippen molar-refractivity contribution in [3.8, 4) is 0 Å². The van der Waals surface area contributed by atoms with Gasteiger partial charge in [-0.2, -0.15) is 0 Å². The molecule has 1 amide bonds. The van der Waals surface area contributed by atoms with Crippen LogP contribution in [0.4, 0.5) is 0 Å². The third kappa shape index (κ3) is 36.6. The molecule has 0 bridgehead atoms. The largest absolute Gasteiger partial charge is 0.480 e. The molecule has 0 aromatic heterocycles. The summed E-state index contributed by atoms with van der Waals surface area (Å²) in [4.78, 5) is 36.3. The van der Waals surface area contributed by atoms with Crippen molar-refractivity contribution in [2.24, 2.45) is 5.73 Å². The average molecular weight is 749 g/mol. The number of nitrogens with two attached hydrogens (primary N) is 1. The second kappa shape index (κ2) is 40.5. The van der Waals surface area contributed by atoms with Gasteiger partial charge in [0.15, 0.2) is 0 Å². The van der Waals surface area contributed by atoms with Crippen LogP contribution in [0.25, 0.3) is 0 Å². The fourth-order valence-electron chi connectivity index (χ4n) is 5.57. The summed E-state index contributed by atoms with van der Waals surface area (Å²) >= 11 is 0. The molecule has 0 saturated heterocycles. The summed E-state index contributed by atoms with van der Waals surface area (Å²) in [7, 11) is 0. The Morgan fingerprint density at radius 1 is 0.537 bits per heavy atom. The molecule has 0 spiro atoms. The number of hydrogen-bond donors (Lipinski definition) is 3. The predicted molar refractivity (Wildman–Crippen MR) is 229 cm³/mol. The summed E-state index contributed by atoms with van der Waals surface area (Å²) < 4.78 is 5.98. The molecule has 2 atom stereocenters. The van der Waals surface area contributed by atoms with E-state index in [4.69, 9.17) is 10.5 Å². The highest BCUT2D eigenvalue weighted by Crippen LogP contribution is 2.17. The maximum atomic E-state index is 12.7. The van der Waals surface area contributed by atoms with E-state index in [0.717, 1.165) is 116 Å². The molecule has 0 aromatic rings. The molecule has 2 unspecified atom stereocenters. The molecule has 0 fully saturated rings. The molecule has 7 nitrogen and oxygen atoms in total. The number of carbonyl (C=O) groups is 3. The molecular weight excluding hydrogens is 673 g/mol. The number of carboxylic acids is 1. The van der Waals surface area contributed by atoms with Crippen molar-refractivity contribution < 1.29 is 24.2 Å². The Labute approximate surface area is 329 Å². The van der Waals surface area contributed by atoms with E-state index in [2.05, 4.69) is 116 Å². The number of unbranched alkanes of at least 4 members (excludes halogenated alkanes) is 6. The number of amides is 1. The minimum absolute atomic E-state index is 0.0698. The minimum atomic E-state index is -1.02. The van der Waals surface area contributed by atoms with E-state index in [1.165, 1.54) is 0 Å². The van der Waals surface area contributed by atoms with Gasteiger partial charge in [-0.05, 0) is 122 Å². The highest BCUT2D eigenvalue weighted by molar-refractivity contribution is 5.83. The Morgan fingerprint density at radius 3 is 1.48 bits per heavy atom. The molecule has 7 heteroatoms. The van der Waals surface area contributed by atoms with Gasteiger partial charge in [0.25, 0.3) is 0 Å². The molecule has 54 heavy (non-hydrogen) atoms. The zero-order valence-corrected chi connectivity index (χ0v) is 34.0. The lowest BCUT2D eigenvalue weighted by Crippen LogP contribution is -2.40. The van der Waals surface area contributed by atoms with E-state index < -0.39 is 12.0 Å². The van der Waals surface area contributed by atoms with Crippen LogP contribution in [0, 0.1) is 0 Å². The van der Waals surface area contributed by atoms with Crippen LogP contribution in [0.1, 0.15) is 162 Å². The Kier molecular flexibility index (Phi) is 37.7. The molecule has 304 valence electrons. The maximum Gasteiger partial charge on any atom is 0.326 e. The summed E-state index contributed by atoms with van der Waals surface area (Å²) in [5.74, 6) is -1.36. The molecule has 0 saturated carbocycles. The molecule has 0 radical (unpaired) electrons. The Bertz CT molecular complexity index is 1160. The predicted octanol–water partition coefficient (Wildman–Crippen LogP) is 11.9. The fourth-order valence-corrected chi connectivity index (χ4v) is 5.57. The van der Waals surface area contributed by atoms with Gasteiger partial charge in [-0.25, -0.2) is 4.79 Å². The third-order valence-electron chi connectivity index (χ3n) is 8.66. The number of hydrogen-bond acceptors (Lipinski definition) is 5. The van der Waals surface area contributed by atoms with Gasteiger partial charge >= 0.3 is 11.9 Å². The second-order valence-corrected chi connectivity index (χ2v) is 13.6.